The molecule has 0 spiro atoms. The lowest BCUT2D eigenvalue weighted by molar-refractivity contribution is 0.197. The summed E-state index contributed by atoms with van der Waals surface area (Å²) < 4.78 is 5.29. The molecule has 1 aromatic rings. The lowest BCUT2D eigenvalue weighted by Crippen LogP contribution is -2.28. The Morgan fingerprint density at radius 3 is 2.81 bits per heavy atom. The molecule has 0 unspecified atom stereocenters. The maximum atomic E-state index is 11.9. The van der Waals surface area contributed by atoms with Gasteiger partial charge in [0.2, 0.25) is 0 Å². The minimum Gasteiger partial charge on any atom is -0.495 e. The molecule has 0 aromatic heterocycles. The summed E-state index contributed by atoms with van der Waals surface area (Å²) in [6.07, 6.45) is 0.433. The van der Waals surface area contributed by atoms with Crippen molar-refractivity contribution in [2.75, 3.05) is 33.9 Å². The van der Waals surface area contributed by atoms with Gasteiger partial charge in [-0.05, 0) is 17.7 Å². The maximum absolute atomic E-state index is 11.9. The van der Waals surface area contributed by atoms with Crippen molar-refractivity contribution < 1.29 is 14.6 Å². The Hall–Kier alpha value is -2.19. The second kappa shape index (κ2) is 7.00. The first-order valence-corrected chi connectivity index (χ1v) is 6.92. The summed E-state index contributed by atoms with van der Waals surface area (Å²) in [4.78, 5) is 15.4. The van der Waals surface area contributed by atoms with Gasteiger partial charge in [-0.25, -0.2) is 4.79 Å². The Balaban J connectivity index is 2.16. The highest BCUT2D eigenvalue weighted by molar-refractivity contribution is 5.76. The number of hydrogen-bond acceptors (Lipinski definition) is 3. The number of carbonyl (C=O) groups excluding carboxylic acids is 1. The fourth-order valence-electron chi connectivity index (χ4n) is 2.24. The molecule has 5 nitrogen and oxygen atoms in total. The van der Waals surface area contributed by atoms with Crippen molar-refractivity contribution in [2.45, 2.75) is 13.0 Å². The number of methoxy groups -OCH3 is 1. The van der Waals surface area contributed by atoms with Crippen LogP contribution in [0.3, 0.4) is 0 Å². The highest BCUT2D eigenvalue weighted by atomic mass is 16.5. The molecule has 0 bridgehead atoms. The Bertz CT molecular complexity index is 575. The van der Waals surface area contributed by atoms with Crippen molar-refractivity contribution >= 4 is 6.03 Å². The van der Waals surface area contributed by atoms with E-state index in [1.54, 1.807) is 12.0 Å². The highest BCUT2D eigenvalue weighted by Gasteiger charge is 2.25. The zero-order valence-electron chi connectivity index (χ0n) is 12.4. The first-order valence-electron chi connectivity index (χ1n) is 6.92. The van der Waals surface area contributed by atoms with Crippen LogP contribution >= 0.6 is 0 Å². The minimum absolute atomic E-state index is 0.0453. The number of benzene rings is 1. The van der Waals surface area contributed by atoms with Gasteiger partial charge in [0.1, 0.15) is 5.75 Å². The third-order valence-electron chi connectivity index (χ3n) is 3.40. The van der Waals surface area contributed by atoms with Crippen molar-refractivity contribution in [2.24, 2.45) is 0 Å². The van der Waals surface area contributed by atoms with Gasteiger partial charge in [0, 0.05) is 33.1 Å². The Morgan fingerprint density at radius 1 is 1.38 bits per heavy atom. The lowest BCUT2D eigenvalue weighted by Gasteiger charge is -2.16. The van der Waals surface area contributed by atoms with E-state index in [0.717, 1.165) is 24.2 Å². The molecular formula is C16H20N2O3. The molecule has 1 N–H and O–H groups in total. The molecule has 1 heterocycles. The van der Waals surface area contributed by atoms with E-state index in [9.17, 15) is 4.79 Å². The summed E-state index contributed by atoms with van der Waals surface area (Å²) in [6.45, 7) is 2.12. The molecule has 2 amide bonds. The second-order valence-electron chi connectivity index (χ2n) is 4.94. The topological polar surface area (TPSA) is 53.0 Å². The molecule has 21 heavy (non-hydrogen) atoms. The van der Waals surface area contributed by atoms with Crippen LogP contribution in [0, 0.1) is 11.8 Å². The molecule has 1 saturated heterocycles. The number of urea groups is 1. The van der Waals surface area contributed by atoms with Gasteiger partial charge in [-0.1, -0.05) is 17.9 Å². The predicted octanol–water partition coefficient (Wildman–Crippen LogP) is 1.30. The molecule has 1 aliphatic heterocycles. The van der Waals surface area contributed by atoms with Crippen LogP contribution in [0.25, 0.3) is 0 Å². The number of rotatable bonds is 4. The van der Waals surface area contributed by atoms with Crippen molar-refractivity contribution in [3.63, 3.8) is 0 Å². The SMILES string of the molecule is COc1ccc(CN2CCN(C)C2=O)cc1C#CCCO. The standard InChI is InChI=1S/C16H20N2O3/c1-17-8-9-18(16(17)20)12-13-6-7-15(21-2)14(11-13)5-3-4-10-19/h6-7,11,19H,4,8-10,12H2,1-2H3. The summed E-state index contributed by atoms with van der Waals surface area (Å²) >= 11 is 0. The van der Waals surface area contributed by atoms with Gasteiger partial charge < -0.3 is 19.6 Å². The number of nitrogens with zero attached hydrogens (tertiary/aromatic N) is 2. The van der Waals surface area contributed by atoms with Crippen LogP contribution in [0.15, 0.2) is 18.2 Å². The largest absolute Gasteiger partial charge is 0.495 e. The number of carbonyl (C=O) groups is 1. The third-order valence-corrected chi connectivity index (χ3v) is 3.40. The first kappa shape index (κ1) is 15.2. The van der Waals surface area contributed by atoms with E-state index < -0.39 is 0 Å². The van der Waals surface area contributed by atoms with E-state index in [1.807, 2.05) is 30.1 Å². The van der Waals surface area contributed by atoms with Crippen LogP contribution in [0.1, 0.15) is 17.5 Å². The summed E-state index contributed by atoms with van der Waals surface area (Å²) in [6, 6.07) is 5.80. The monoisotopic (exact) mass is 288 g/mol. The molecule has 1 aromatic carbocycles. The molecule has 5 heteroatoms. The molecule has 1 aliphatic rings. The molecule has 0 saturated carbocycles. The Kier molecular flexibility index (Phi) is 5.07. The predicted molar refractivity (Wildman–Crippen MR) is 80.0 cm³/mol. The second-order valence-corrected chi connectivity index (χ2v) is 4.94. The number of amides is 2. The van der Waals surface area contributed by atoms with Crippen molar-refractivity contribution in [1.82, 2.24) is 9.80 Å². The van der Waals surface area contributed by atoms with Crippen LogP contribution in [0.5, 0.6) is 5.75 Å². The van der Waals surface area contributed by atoms with E-state index >= 15 is 0 Å². The average Bonchev–Trinajstić information content (AvgIpc) is 2.80. The Morgan fingerprint density at radius 2 is 2.19 bits per heavy atom. The maximum Gasteiger partial charge on any atom is 0.320 e. The lowest BCUT2D eigenvalue weighted by atomic mass is 10.1. The van der Waals surface area contributed by atoms with Crippen molar-refractivity contribution in [3.05, 3.63) is 29.3 Å². The number of hydrogen-bond donors (Lipinski definition) is 1. The normalized spacial score (nSPS) is 14.1. The quantitative estimate of drug-likeness (QED) is 0.850. The van der Waals surface area contributed by atoms with Gasteiger partial charge in [-0.15, -0.1) is 0 Å². The number of aliphatic hydroxyl groups excluding tert-OH is 1. The van der Waals surface area contributed by atoms with E-state index in [0.29, 0.717) is 18.7 Å². The summed E-state index contributed by atoms with van der Waals surface area (Å²) in [5.74, 6) is 6.60. The van der Waals surface area contributed by atoms with Gasteiger partial charge in [0.15, 0.2) is 0 Å². The molecular weight excluding hydrogens is 268 g/mol. The molecule has 2 rings (SSSR count). The Labute approximate surface area is 125 Å². The number of ether oxygens (including phenoxy) is 1. The minimum atomic E-state index is 0.0453. The van der Waals surface area contributed by atoms with Gasteiger partial charge in [0.05, 0.1) is 19.3 Å². The van der Waals surface area contributed by atoms with Gasteiger partial charge >= 0.3 is 6.03 Å². The zero-order valence-corrected chi connectivity index (χ0v) is 12.4. The molecule has 1 fully saturated rings. The fraction of sp³-hybridized carbons (Fsp3) is 0.438. The van der Waals surface area contributed by atoms with E-state index in [-0.39, 0.29) is 12.6 Å². The van der Waals surface area contributed by atoms with Gasteiger partial charge in [-0.3, -0.25) is 0 Å². The van der Waals surface area contributed by atoms with Crippen LogP contribution in [0.4, 0.5) is 4.79 Å². The van der Waals surface area contributed by atoms with Gasteiger partial charge in [0.25, 0.3) is 0 Å². The van der Waals surface area contributed by atoms with Crippen molar-refractivity contribution in [3.8, 4) is 17.6 Å². The first-order chi connectivity index (χ1) is 10.2. The van der Waals surface area contributed by atoms with E-state index in [4.69, 9.17) is 9.84 Å². The molecule has 0 atom stereocenters. The number of aliphatic hydroxyl groups is 1. The zero-order chi connectivity index (χ0) is 15.2. The van der Waals surface area contributed by atoms with E-state index in [1.165, 1.54) is 0 Å². The smallest absolute Gasteiger partial charge is 0.320 e. The van der Waals surface area contributed by atoms with Crippen LogP contribution in [-0.4, -0.2) is 54.8 Å². The fourth-order valence-corrected chi connectivity index (χ4v) is 2.24. The number of likely N-dealkylation sites (N-methyl/N-ethyl adjacent to an activating group) is 1. The molecule has 0 aliphatic carbocycles. The summed E-state index contributed by atoms with van der Waals surface area (Å²) in [7, 11) is 3.41. The average molecular weight is 288 g/mol. The summed E-state index contributed by atoms with van der Waals surface area (Å²) in [5, 5.41) is 8.79. The van der Waals surface area contributed by atoms with Crippen molar-refractivity contribution in [1.29, 1.82) is 0 Å². The molecule has 0 radical (unpaired) electrons. The van der Waals surface area contributed by atoms with E-state index in [2.05, 4.69) is 11.8 Å². The molecule has 112 valence electrons. The van der Waals surface area contributed by atoms with Crippen LogP contribution in [-0.2, 0) is 6.54 Å². The van der Waals surface area contributed by atoms with Crippen LogP contribution < -0.4 is 4.74 Å². The highest BCUT2D eigenvalue weighted by Crippen LogP contribution is 2.21. The van der Waals surface area contributed by atoms with Gasteiger partial charge in [-0.2, -0.15) is 0 Å². The summed E-state index contributed by atoms with van der Waals surface area (Å²) in [5.41, 5.74) is 1.80. The third kappa shape index (κ3) is 3.67. The van der Waals surface area contributed by atoms with Crippen LogP contribution in [0.2, 0.25) is 0 Å².